The Bertz CT molecular complexity index is 483. The highest BCUT2D eigenvalue weighted by atomic mass is 79.9. The number of fused-ring (bicyclic) bond motifs is 1. The molecule has 0 saturated heterocycles. The SMILES string of the molecule is Cn1[nH]c2ccc(Br)cc2c1=O. The number of hydrogen-bond donors (Lipinski definition) is 1. The van der Waals surface area contributed by atoms with E-state index in [-0.39, 0.29) is 5.56 Å². The van der Waals surface area contributed by atoms with Gasteiger partial charge in [-0.3, -0.25) is 14.6 Å². The van der Waals surface area contributed by atoms with Gasteiger partial charge in [-0.05, 0) is 18.2 Å². The second-order valence-electron chi connectivity index (χ2n) is 2.67. The summed E-state index contributed by atoms with van der Waals surface area (Å²) in [5, 5.41) is 3.65. The quantitative estimate of drug-likeness (QED) is 0.729. The summed E-state index contributed by atoms with van der Waals surface area (Å²) >= 11 is 3.31. The number of H-pyrrole nitrogens is 1. The van der Waals surface area contributed by atoms with Crippen LogP contribution in [0.15, 0.2) is 27.5 Å². The van der Waals surface area contributed by atoms with Gasteiger partial charge < -0.3 is 0 Å². The van der Waals surface area contributed by atoms with Crippen LogP contribution in [0.2, 0.25) is 0 Å². The molecule has 0 bridgehead atoms. The van der Waals surface area contributed by atoms with E-state index in [9.17, 15) is 4.79 Å². The predicted octanol–water partition coefficient (Wildman–Crippen LogP) is 1.63. The zero-order chi connectivity index (χ0) is 8.72. The smallest absolute Gasteiger partial charge is 0.274 e. The Labute approximate surface area is 77.1 Å². The van der Waals surface area contributed by atoms with Crippen molar-refractivity contribution in [1.82, 2.24) is 9.78 Å². The van der Waals surface area contributed by atoms with Crippen LogP contribution in [0.1, 0.15) is 0 Å². The number of benzene rings is 1. The van der Waals surface area contributed by atoms with E-state index in [2.05, 4.69) is 21.0 Å². The Kier molecular flexibility index (Phi) is 1.58. The van der Waals surface area contributed by atoms with Crippen molar-refractivity contribution in [3.8, 4) is 0 Å². The minimum atomic E-state index is 0.00583. The van der Waals surface area contributed by atoms with Crippen molar-refractivity contribution < 1.29 is 0 Å². The summed E-state index contributed by atoms with van der Waals surface area (Å²) < 4.78 is 2.39. The fourth-order valence-corrected chi connectivity index (χ4v) is 1.56. The zero-order valence-corrected chi connectivity index (χ0v) is 8.05. The zero-order valence-electron chi connectivity index (χ0n) is 6.47. The molecule has 12 heavy (non-hydrogen) atoms. The minimum Gasteiger partial charge on any atom is -0.295 e. The van der Waals surface area contributed by atoms with Crippen molar-refractivity contribution in [1.29, 1.82) is 0 Å². The van der Waals surface area contributed by atoms with Crippen LogP contribution in [-0.2, 0) is 7.05 Å². The lowest BCUT2D eigenvalue weighted by atomic mass is 10.3. The number of aryl methyl sites for hydroxylation is 1. The van der Waals surface area contributed by atoms with E-state index in [0.717, 1.165) is 9.99 Å². The summed E-state index contributed by atoms with van der Waals surface area (Å²) in [7, 11) is 1.70. The monoisotopic (exact) mass is 226 g/mol. The summed E-state index contributed by atoms with van der Waals surface area (Å²) in [6, 6.07) is 5.59. The normalized spacial score (nSPS) is 10.8. The Hall–Kier alpha value is -1.03. The summed E-state index contributed by atoms with van der Waals surface area (Å²) in [5.74, 6) is 0. The van der Waals surface area contributed by atoms with Gasteiger partial charge in [0, 0.05) is 11.5 Å². The summed E-state index contributed by atoms with van der Waals surface area (Å²) in [5.41, 5.74) is 0.872. The van der Waals surface area contributed by atoms with Crippen LogP contribution in [0, 0.1) is 0 Å². The van der Waals surface area contributed by atoms with Crippen LogP contribution in [0.25, 0.3) is 10.9 Å². The molecule has 3 nitrogen and oxygen atoms in total. The van der Waals surface area contributed by atoms with Crippen LogP contribution in [0.5, 0.6) is 0 Å². The average Bonchev–Trinajstić information content (AvgIpc) is 2.31. The molecule has 0 atom stereocenters. The number of aromatic amines is 1. The predicted molar refractivity (Wildman–Crippen MR) is 51.2 cm³/mol. The molecule has 0 fully saturated rings. The lowest BCUT2D eigenvalue weighted by Gasteiger charge is -1.87. The van der Waals surface area contributed by atoms with Crippen LogP contribution >= 0.6 is 15.9 Å². The van der Waals surface area contributed by atoms with Crippen LogP contribution in [0.4, 0.5) is 0 Å². The molecule has 1 heterocycles. The lowest BCUT2D eigenvalue weighted by Crippen LogP contribution is -2.10. The molecule has 0 unspecified atom stereocenters. The second-order valence-corrected chi connectivity index (χ2v) is 3.58. The largest absolute Gasteiger partial charge is 0.295 e. The first kappa shape index (κ1) is 7.61. The Balaban J connectivity index is 2.98. The van der Waals surface area contributed by atoms with E-state index < -0.39 is 0 Å². The van der Waals surface area contributed by atoms with Gasteiger partial charge in [-0.1, -0.05) is 15.9 Å². The highest BCUT2D eigenvalue weighted by molar-refractivity contribution is 9.10. The van der Waals surface area contributed by atoms with Gasteiger partial charge in [-0.25, -0.2) is 0 Å². The first-order chi connectivity index (χ1) is 5.68. The molecule has 0 aliphatic rings. The molecule has 62 valence electrons. The molecule has 2 aromatic rings. The summed E-state index contributed by atoms with van der Waals surface area (Å²) in [4.78, 5) is 11.4. The van der Waals surface area contributed by atoms with Gasteiger partial charge >= 0.3 is 0 Å². The van der Waals surface area contributed by atoms with E-state index >= 15 is 0 Å². The third kappa shape index (κ3) is 0.992. The summed E-state index contributed by atoms with van der Waals surface area (Å²) in [6.45, 7) is 0. The molecule has 0 radical (unpaired) electrons. The Morgan fingerprint density at radius 3 is 3.00 bits per heavy atom. The van der Waals surface area contributed by atoms with Gasteiger partial charge in [0.2, 0.25) is 0 Å². The molecule has 0 spiro atoms. The van der Waals surface area contributed by atoms with Gasteiger partial charge in [-0.15, -0.1) is 0 Å². The molecular weight excluding hydrogens is 220 g/mol. The standard InChI is InChI=1S/C8H7BrN2O/c1-11-8(12)6-4-5(9)2-3-7(6)10-11/h2-4,10H,1H3. The maximum Gasteiger partial charge on any atom is 0.274 e. The third-order valence-electron chi connectivity index (χ3n) is 1.80. The Morgan fingerprint density at radius 1 is 1.50 bits per heavy atom. The van der Waals surface area contributed by atoms with Crippen molar-refractivity contribution in [3.63, 3.8) is 0 Å². The average molecular weight is 227 g/mol. The molecule has 1 aromatic carbocycles. The number of nitrogens with one attached hydrogen (secondary N) is 1. The fraction of sp³-hybridized carbons (Fsp3) is 0.125. The third-order valence-corrected chi connectivity index (χ3v) is 2.30. The maximum absolute atomic E-state index is 11.4. The van der Waals surface area contributed by atoms with E-state index in [0.29, 0.717) is 5.39 Å². The van der Waals surface area contributed by atoms with E-state index in [1.807, 2.05) is 18.2 Å². The van der Waals surface area contributed by atoms with Gasteiger partial charge in [0.1, 0.15) is 0 Å². The molecule has 0 saturated carbocycles. The number of aromatic nitrogens is 2. The van der Waals surface area contributed by atoms with Crippen LogP contribution < -0.4 is 5.56 Å². The molecule has 0 amide bonds. The van der Waals surface area contributed by atoms with E-state index in [1.165, 1.54) is 4.68 Å². The van der Waals surface area contributed by atoms with Crippen molar-refractivity contribution >= 4 is 26.8 Å². The molecule has 0 aliphatic heterocycles. The van der Waals surface area contributed by atoms with Gasteiger partial charge in [0.15, 0.2) is 0 Å². The lowest BCUT2D eigenvalue weighted by molar-refractivity contribution is 0.751. The molecular formula is C8H7BrN2O. The molecule has 1 aromatic heterocycles. The number of hydrogen-bond acceptors (Lipinski definition) is 1. The topological polar surface area (TPSA) is 37.8 Å². The van der Waals surface area contributed by atoms with E-state index in [4.69, 9.17) is 0 Å². The molecule has 4 heteroatoms. The highest BCUT2D eigenvalue weighted by Gasteiger charge is 2.02. The fourth-order valence-electron chi connectivity index (χ4n) is 1.20. The van der Waals surface area contributed by atoms with Gasteiger partial charge in [-0.2, -0.15) is 0 Å². The number of rotatable bonds is 0. The van der Waals surface area contributed by atoms with Gasteiger partial charge in [0.25, 0.3) is 5.56 Å². The van der Waals surface area contributed by atoms with Crippen molar-refractivity contribution in [2.75, 3.05) is 0 Å². The molecule has 0 aliphatic carbocycles. The van der Waals surface area contributed by atoms with E-state index in [1.54, 1.807) is 7.05 Å². The minimum absolute atomic E-state index is 0.00583. The van der Waals surface area contributed by atoms with Gasteiger partial charge in [0.05, 0.1) is 10.9 Å². The summed E-state index contributed by atoms with van der Waals surface area (Å²) in [6.07, 6.45) is 0. The highest BCUT2D eigenvalue weighted by Crippen LogP contribution is 2.14. The Morgan fingerprint density at radius 2 is 2.25 bits per heavy atom. The van der Waals surface area contributed by atoms with Crippen molar-refractivity contribution in [2.45, 2.75) is 0 Å². The second kappa shape index (κ2) is 2.48. The maximum atomic E-state index is 11.4. The number of nitrogens with zero attached hydrogens (tertiary/aromatic N) is 1. The first-order valence-corrected chi connectivity index (χ1v) is 4.32. The van der Waals surface area contributed by atoms with Crippen LogP contribution in [-0.4, -0.2) is 9.78 Å². The molecule has 2 rings (SSSR count). The van der Waals surface area contributed by atoms with Crippen molar-refractivity contribution in [2.24, 2.45) is 7.05 Å². The van der Waals surface area contributed by atoms with Crippen LogP contribution in [0.3, 0.4) is 0 Å². The first-order valence-electron chi connectivity index (χ1n) is 3.53. The number of halogens is 1. The molecule has 1 N–H and O–H groups in total. The van der Waals surface area contributed by atoms with Crippen molar-refractivity contribution in [3.05, 3.63) is 33.0 Å².